The fourth-order valence-electron chi connectivity index (χ4n) is 2.90. The van der Waals surface area contributed by atoms with Gasteiger partial charge >= 0.3 is 6.18 Å². The minimum Gasteiger partial charge on any atom is -0.483 e. The zero-order valence-corrected chi connectivity index (χ0v) is 13.2. The largest absolute Gasteiger partial charge is 0.483 e. The van der Waals surface area contributed by atoms with E-state index in [1.54, 1.807) is 13.8 Å². The van der Waals surface area contributed by atoms with Gasteiger partial charge in [0.25, 0.3) is 0 Å². The maximum atomic E-state index is 12.9. The van der Waals surface area contributed by atoms with Gasteiger partial charge in [-0.2, -0.15) is 13.2 Å². The summed E-state index contributed by atoms with van der Waals surface area (Å²) in [6.45, 7) is 3.58. The van der Waals surface area contributed by atoms with Crippen LogP contribution < -0.4 is 10.1 Å². The highest BCUT2D eigenvalue weighted by Crippen LogP contribution is 2.40. The van der Waals surface area contributed by atoms with Gasteiger partial charge in [0.1, 0.15) is 11.4 Å². The first-order chi connectivity index (χ1) is 11.1. The third-order valence-corrected chi connectivity index (χ3v) is 4.37. The van der Waals surface area contributed by atoms with Crippen LogP contribution in [0.3, 0.4) is 0 Å². The molecule has 8 heteroatoms. The van der Waals surface area contributed by atoms with Crippen LogP contribution in [0.15, 0.2) is 18.2 Å². The minimum absolute atomic E-state index is 0.0559. The van der Waals surface area contributed by atoms with E-state index in [-0.39, 0.29) is 36.9 Å². The van der Waals surface area contributed by atoms with E-state index in [0.29, 0.717) is 5.75 Å². The Balaban J connectivity index is 1.88. The number of carbonyl (C=O) groups excluding carboxylic acids is 2. The highest BCUT2D eigenvalue weighted by molar-refractivity contribution is 6.02. The van der Waals surface area contributed by atoms with Crippen molar-refractivity contribution in [1.82, 2.24) is 4.90 Å². The van der Waals surface area contributed by atoms with Crippen LogP contribution in [-0.4, -0.2) is 34.9 Å². The van der Waals surface area contributed by atoms with Crippen LogP contribution in [0, 0.1) is 0 Å². The average Bonchev–Trinajstić information content (AvgIpc) is 2.77. The summed E-state index contributed by atoms with van der Waals surface area (Å²) in [5, 5.41) is 3.00. The second kappa shape index (κ2) is 5.39. The summed E-state index contributed by atoms with van der Waals surface area (Å²) in [6, 6.07) is 2.70. The van der Waals surface area contributed by atoms with E-state index in [2.05, 4.69) is 5.32 Å². The molecule has 130 valence electrons. The molecule has 1 saturated heterocycles. The van der Waals surface area contributed by atoms with Gasteiger partial charge in [0.15, 0.2) is 0 Å². The number of ether oxygens (including phenoxy) is 1. The third-order valence-electron chi connectivity index (χ3n) is 4.37. The molecule has 0 aromatic heterocycles. The number of benzene rings is 1. The van der Waals surface area contributed by atoms with Crippen LogP contribution >= 0.6 is 0 Å². The predicted molar refractivity (Wildman–Crippen MR) is 79.5 cm³/mol. The van der Waals surface area contributed by atoms with E-state index >= 15 is 0 Å². The van der Waals surface area contributed by atoms with Gasteiger partial charge in [-0.1, -0.05) is 0 Å². The van der Waals surface area contributed by atoms with Gasteiger partial charge in [-0.3, -0.25) is 14.5 Å². The molecule has 5 nitrogen and oxygen atoms in total. The molecule has 1 aromatic rings. The number of hydrogen-bond acceptors (Lipinski definition) is 4. The number of nitrogens with one attached hydrogen (secondary N) is 1. The topological polar surface area (TPSA) is 58.6 Å². The standard InChI is InChI=1S/C16H17F3N2O3/c1-15(2)12(8-21-13(22)5-6-14(21)23)20-10-7-9(16(17,18)19)3-4-11(10)24-15/h3-4,7,12,20H,5-6,8H2,1-2H3. The van der Waals surface area contributed by atoms with Crippen LogP contribution in [0.4, 0.5) is 18.9 Å². The molecule has 1 N–H and O–H groups in total. The summed E-state index contributed by atoms with van der Waals surface area (Å²) in [7, 11) is 0. The number of carbonyl (C=O) groups is 2. The Bertz CT molecular complexity index is 684. The molecule has 2 heterocycles. The number of fused-ring (bicyclic) bond motifs is 1. The fraction of sp³-hybridized carbons (Fsp3) is 0.500. The maximum Gasteiger partial charge on any atom is 0.416 e. The zero-order valence-electron chi connectivity index (χ0n) is 13.2. The highest BCUT2D eigenvalue weighted by atomic mass is 19.4. The summed E-state index contributed by atoms with van der Waals surface area (Å²) < 4.78 is 44.4. The first-order valence-electron chi connectivity index (χ1n) is 7.58. The van der Waals surface area contributed by atoms with E-state index in [9.17, 15) is 22.8 Å². The molecule has 2 aliphatic rings. The Hall–Kier alpha value is -2.25. The van der Waals surface area contributed by atoms with Crippen molar-refractivity contribution >= 4 is 17.5 Å². The third kappa shape index (κ3) is 2.92. The molecular weight excluding hydrogens is 325 g/mol. The Morgan fingerprint density at radius 1 is 1.25 bits per heavy atom. The van der Waals surface area contributed by atoms with Gasteiger partial charge in [-0.25, -0.2) is 0 Å². The highest BCUT2D eigenvalue weighted by Gasteiger charge is 2.42. The molecule has 1 aromatic carbocycles. The number of nitrogens with zero attached hydrogens (tertiary/aromatic N) is 1. The van der Waals surface area contributed by atoms with E-state index in [1.165, 1.54) is 6.07 Å². The van der Waals surface area contributed by atoms with Crippen molar-refractivity contribution in [3.05, 3.63) is 23.8 Å². The summed E-state index contributed by atoms with van der Waals surface area (Å²) in [6.07, 6.45) is -4.12. The molecule has 0 saturated carbocycles. The quantitative estimate of drug-likeness (QED) is 0.840. The molecule has 24 heavy (non-hydrogen) atoms. The van der Waals surface area contributed by atoms with Gasteiger partial charge in [-0.15, -0.1) is 0 Å². The summed E-state index contributed by atoms with van der Waals surface area (Å²) in [5.41, 5.74) is -1.38. The van der Waals surface area contributed by atoms with E-state index in [1.807, 2.05) is 0 Å². The molecule has 3 rings (SSSR count). The minimum atomic E-state index is -4.46. The van der Waals surface area contributed by atoms with Crippen LogP contribution in [0.5, 0.6) is 5.75 Å². The number of hydrogen-bond donors (Lipinski definition) is 1. The van der Waals surface area contributed by atoms with Crippen molar-refractivity contribution in [2.75, 3.05) is 11.9 Å². The predicted octanol–water partition coefficient (Wildman–Crippen LogP) is 2.81. The van der Waals surface area contributed by atoms with E-state index in [0.717, 1.165) is 17.0 Å². The lowest BCUT2D eigenvalue weighted by molar-refractivity contribution is -0.139. The SMILES string of the molecule is CC1(C)Oc2ccc(C(F)(F)F)cc2NC1CN1C(=O)CCC1=O. The van der Waals surface area contributed by atoms with Crippen LogP contribution in [0.1, 0.15) is 32.3 Å². The van der Waals surface area contributed by atoms with Crippen molar-refractivity contribution in [3.8, 4) is 5.75 Å². The van der Waals surface area contributed by atoms with Crippen molar-refractivity contribution < 1.29 is 27.5 Å². The number of likely N-dealkylation sites (tertiary alicyclic amines) is 1. The van der Waals surface area contributed by atoms with Gasteiger partial charge in [0, 0.05) is 12.8 Å². The van der Waals surface area contributed by atoms with Crippen molar-refractivity contribution in [1.29, 1.82) is 0 Å². The maximum absolute atomic E-state index is 12.9. The molecular formula is C16H17F3N2O3. The van der Waals surface area contributed by atoms with Gasteiger partial charge in [-0.05, 0) is 32.0 Å². The summed E-state index contributed by atoms with van der Waals surface area (Å²) >= 11 is 0. The molecule has 1 atom stereocenters. The number of amides is 2. The molecule has 0 aliphatic carbocycles. The van der Waals surface area contributed by atoms with E-state index in [4.69, 9.17) is 4.74 Å². The van der Waals surface area contributed by atoms with Gasteiger partial charge in [0.2, 0.25) is 11.8 Å². The molecule has 2 amide bonds. The van der Waals surface area contributed by atoms with Gasteiger partial charge < -0.3 is 10.1 Å². The smallest absolute Gasteiger partial charge is 0.416 e. The molecule has 1 fully saturated rings. The van der Waals surface area contributed by atoms with Crippen molar-refractivity contribution in [2.45, 2.75) is 44.5 Å². The first-order valence-corrected chi connectivity index (χ1v) is 7.58. The first kappa shape index (κ1) is 16.6. The number of halogens is 3. The van der Waals surface area contributed by atoms with Crippen LogP contribution in [-0.2, 0) is 15.8 Å². The molecule has 1 unspecified atom stereocenters. The summed E-state index contributed by atoms with van der Waals surface area (Å²) in [5.74, 6) is -0.233. The Morgan fingerprint density at radius 3 is 2.46 bits per heavy atom. The lowest BCUT2D eigenvalue weighted by Gasteiger charge is -2.42. The van der Waals surface area contributed by atoms with Gasteiger partial charge in [0.05, 0.1) is 23.8 Å². The Kier molecular flexibility index (Phi) is 3.73. The second-order valence-corrected chi connectivity index (χ2v) is 6.51. The molecule has 0 radical (unpaired) electrons. The van der Waals surface area contributed by atoms with Crippen molar-refractivity contribution in [2.24, 2.45) is 0 Å². The lowest BCUT2D eigenvalue weighted by atomic mass is 9.94. The average molecular weight is 342 g/mol. The van der Waals surface area contributed by atoms with Crippen molar-refractivity contribution in [3.63, 3.8) is 0 Å². The molecule has 2 aliphatic heterocycles. The van der Waals surface area contributed by atoms with Crippen LogP contribution in [0.25, 0.3) is 0 Å². The zero-order chi connectivity index (χ0) is 17.7. The normalized spacial score (nSPS) is 22.9. The number of alkyl halides is 3. The van der Waals surface area contributed by atoms with E-state index < -0.39 is 23.4 Å². The Morgan fingerprint density at radius 2 is 1.88 bits per heavy atom. The number of anilines is 1. The lowest BCUT2D eigenvalue weighted by Crippen LogP contribution is -2.55. The fourth-order valence-corrected chi connectivity index (χ4v) is 2.90. The van der Waals surface area contributed by atoms with Crippen LogP contribution in [0.2, 0.25) is 0 Å². The number of imide groups is 1. The number of rotatable bonds is 2. The second-order valence-electron chi connectivity index (χ2n) is 6.51. The molecule has 0 bridgehead atoms. The molecule has 0 spiro atoms. The Labute approximate surface area is 136 Å². The monoisotopic (exact) mass is 342 g/mol. The summed E-state index contributed by atoms with van der Waals surface area (Å²) in [4.78, 5) is 24.7.